The molecule has 0 aromatic heterocycles. The number of ether oxygens (including phenoxy) is 2. The van der Waals surface area contributed by atoms with Gasteiger partial charge in [-0.1, -0.05) is 19.3 Å². The van der Waals surface area contributed by atoms with Gasteiger partial charge in [-0.15, -0.1) is 0 Å². The molecule has 1 saturated carbocycles. The first-order valence-corrected chi connectivity index (χ1v) is 12.4. The third-order valence-corrected chi connectivity index (χ3v) is 5.74. The average Bonchev–Trinajstić information content (AvgIpc) is 2.86. The van der Waals surface area contributed by atoms with Gasteiger partial charge in [0.1, 0.15) is 6.10 Å². The Morgan fingerprint density at radius 3 is 2.46 bits per heavy atom. The Kier molecular flexibility index (Phi) is 11.4. The number of aliphatic hydroxyl groups is 1. The third-order valence-electron chi connectivity index (χ3n) is 4.59. The molecule has 0 radical (unpaired) electrons. The first-order valence-electron chi connectivity index (χ1n) is 8.39. The number of carbonyl (C=O) groups excluding carboxylic acids is 2. The molecule has 0 aromatic carbocycles. The summed E-state index contributed by atoms with van der Waals surface area (Å²) in [6.45, 7) is 1.81. The van der Waals surface area contributed by atoms with Crippen molar-refractivity contribution in [2.45, 2.75) is 64.1 Å². The maximum absolute atomic E-state index is 11.3. The second kappa shape index (κ2) is 12.4. The highest BCUT2D eigenvalue weighted by Crippen LogP contribution is 2.43. The summed E-state index contributed by atoms with van der Waals surface area (Å²) >= 11 is 2.17. The fraction of sp³-hybridized carbons (Fsp3) is 0.875. The fourth-order valence-electron chi connectivity index (χ4n) is 3.43. The molecule has 1 aliphatic rings. The number of methoxy groups -OCH3 is 1. The summed E-state index contributed by atoms with van der Waals surface area (Å²) in [5, 5.41) is 9.74. The van der Waals surface area contributed by atoms with Crippen molar-refractivity contribution in [3.8, 4) is 0 Å². The topological polar surface area (TPSA) is 82.1 Å². The van der Waals surface area contributed by atoms with Gasteiger partial charge in [-0.25, -0.2) is 0 Å². The number of unbranched alkanes of at least 4 members (excludes halogenated alkanes) is 3. The van der Waals surface area contributed by atoms with Crippen LogP contribution in [-0.4, -0.2) is 43.0 Å². The Labute approximate surface area is 158 Å². The van der Waals surface area contributed by atoms with E-state index in [2.05, 4.69) is 26.8 Å². The average molecular weight is 474 g/mol. The van der Waals surface area contributed by atoms with Crippen molar-refractivity contribution in [3.05, 3.63) is 0 Å². The molecule has 0 heterocycles. The summed E-state index contributed by atoms with van der Waals surface area (Å²) in [4.78, 5) is 22.4. The normalized spacial score (nSPS) is 26.8. The zero-order valence-electron chi connectivity index (χ0n) is 14.3. The van der Waals surface area contributed by atoms with Crippen LogP contribution in [0.15, 0.2) is 0 Å². The Bertz CT molecular complexity index is 395. The molecule has 0 saturated heterocycles. The molecule has 6 nitrogen and oxygen atoms in total. The largest absolute Gasteiger partial charge is 0.469 e. The van der Waals surface area contributed by atoms with E-state index in [-0.39, 0.29) is 42.6 Å². The highest BCUT2D eigenvalue weighted by molar-refractivity contribution is 14.2. The summed E-state index contributed by atoms with van der Waals surface area (Å²) in [7, 11) is 1.40. The third kappa shape index (κ3) is 7.50. The van der Waals surface area contributed by atoms with E-state index in [1.165, 1.54) is 14.0 Å². The molecule has 0 aromatic rings. The molecular formula is C16H28IO6P. The van der Waals surface area contributed by atoms with Crippen LogP contribution in [-0.2, 0) is 23.6 Å². The SMILES string of the molecule is COC(=O)CCCCCC[C@@H]1[C@@H](CO)[C@H](OPI)C[C@@H]1OC(C)=O. The van der Waals surface area contributed by atoms with Crippen LogP contribution in [0.4, 0.5) is 0 Å². The van der Waals surface area contributed by atoms with Gasteiger partial charge in [0.2, 0.25) is 0 Å². The molecule has 0 amide bonds. The summed E-state index contributed by atoms with van der Waals surface area (Å²) < 4.78 is 15.8. The molecule has 24 heavy (non-hydrogen) atoms. The van der Waals surface area contributed by atoms with Crippen molar-refractivity contribution in [1.29, 1.82) is 0 Å². The van der Waals surface area contributed by atoms with E-state index in [0.717, 1.165) is 32.1 Å². The molecule has 8 heteroatoms. The van der Waals surface area contributed by atoms with E-state index in [9.17, 15) is 14.7 Å². The number of esters is 2. The highest BCUT2D eigenvalue weighted by atomic mass is 127. The smallest absolute Gasteiger partial charge is 0.305 e. The van der Waals surface area contributed by atoms with Gasteiger partial charge < -0.3 is 19.1 Å². The predicted molar refractivity (Wildman–Crippen MR) is 101 cm³/mol. The summed E-state index contributed by atoms with van der Waals surface area (Å²) in [6, 6.07) is 0. The zero-order valence-corrected chi connectivity index (χ0v) is 17.5. The molecule has 5 atom stereocenters. The van der Waals surface area contributed by atoms with Crippen molar-refractivity contribution >= 4 is 40.4 Å². The summed E-state index contributed by atoms with van der Waals surface area (Å²) in [5.41, 5.74) is 0. The van der Waals surface area contributed by atoms with E-state index in [0.29, 0.717) is 19.3 Å². The van der Waals surface area contributed by atoms with Gasteiger partial charge in [0, 0.05) is 38.2 Å². The Morgan fingerprint density at radius 1 is 1.17 bits per heavy atom. The van der Waals surface area contributed by atoms with E-state index in [1.54, 1.807) is 0 Å². The molecule has 1 rings (SSSR count). The van der Waals surface area contributed by atoms with E-state index < -0.39 is 0 Å². The molecule has 0 spiro atoms. The number of aliphatic hydroxyl groups excluding tert-OH is 1. The lowest BCUT2D eigenvalue weighted by Gasteiger charge is -2.24. The highest BCUT2D eigenvalue weighted by Gasteiger charge is 2.44. The second-order valence-corrected chi connectivity index (χ2v) is 7.87. The number of halogens is 1. The molecule has 1 unspecified atom stereocenters. The Hall–Kier alpha value is 0.0200. The van der Waals surface area contributed by atoms with Crippen molar-refractivity contribution in [2.24, 2.45) is 11.8 Å². The predicted octanol–water partition coefficient (Wildman–Crippen LogP) is 3.39. The zero-order chi connectivity index (χ0) is 17.9. The first kappa shape index (κ1) is 22.1. The summed E-state index contributed by atoms with van der Waals surface area (Å²) in [5.74, 6) is -0.290. The van der Waals surface area contributed by atoms with Crippen LogP contribution in [0, 0.1) is 11.8 Å². The quantitative estimate of drug-likeness (QED) is 0.214. The number of hydrogen-bond acceptors (Lipinski definition) is 6. The molecule has 140 valence electrons. The van der Waals surface area contributed by atoms with Crippen LogP contribution in [0.5, 0.6) is 0 Å². The van der Waals surface area contributed by atoms with Gasteiger partial charge in [0.25, 0.3) is 0 Å². The van der Waals surface area contributed by atoms with Crippen LogP contribution < -0.4 is 0 Å². The molecule has 0 bridgehead atoms. The Morgan fingerprint density at radius 2 is 1.88 bits per heavy atom. The van der Waals surface area contributed by atoms with Crippen LogP contribution >= 0.6 is 28.5 Å². The van der Waals surface area contributed by atoms with Crippen LogP contribution in [0.3, 0.4) is 0 Å². The lowest BCUT2D eigenvalue weighted by atomic mass is 9.89. The molecule has 1 aliphatic carbocycles. The second-order valence-electron chi connectivity index (χ2n) is 6.16. The molecule has 0 aliphatic heterocycles. The van der Waals surface area contributed by atoms with E-state index in [4.69, 9.17) is 9.26 Å². The molecule has 1 fully saturated rings. The van der Waals surface area contributed by atoms with Gasteiger partial charge in [-0.05, 0) is 34.9 Å². The number of carbonyl (C=O) groups is 2. The maximum Gasteiger partial charge on any atom is 0.305 e. The Balaban J connectivity index is 2.44. The minimum Gasteiger partial charge on any atom is -0.469 e. The maximum atomic E-state index is 11.3. The van der Waals surface area contributed by atoms with Gasteiger partial charge in [-0.3, -0.25) is 9.59 Å². The monoisotopic (exact) mass is 474 g/mol. The van der Waals surface area contributed by atoms with Crippen molar-refractivity contribution < 1.29 is 28.7 Å². The lowest BCUT2D eigenvalue weighted by molar-refractivity contribution is -0.148. The summed E-state index contributed by atoms with van der Waals surface area (Å²) in [6.07, 6.45) is 5.60. The van der Waals surface area contributed by atoms with E-state index in [1.807, 2.05) is 0 Å². The number of hydrogen-bond donors (Lipinski definition) is 1. The lowest BCUT2D eigenvalue weighted by Crippen LogP contribution is -2.27. The minimum absolute atomic E-state index is 0.0201. The molecular weight excluding hydrogens is 446 g/mol. The van der Waals surface area contributed by atoms with Crippen LogP contribution in [0.2, 0.25) is 0 Å². The van der Waals surface area contributed by atoms with Crippen molar-refractivity contribution in [2.75, 3.05) is 13.7 Å². The van der Waals surface area contributed by atoms with Crippen LogP contribution in [0.1, 0.15) is 51.9 Å². The van der Waals surface area contributed by atoms with Crippen molar-refractivity contribution in [1.82, 2.24) is 0 Å². The molecule has 1 N–H and O–H groups in total. The first-order chi connectivity index (χ1) is 11.5. The minimum atomic E-state index is -0.280. The van der Waals surface area contributed by atoms with Gasteiger partial charge in [-0.2, -0.15) is 0 Å². The van der Waals surface area contributed by atoms with Crippen LogP contribution in [0.25, 0.3) is 0 Å². The fourth-order valence-corrected chi connectivity index (χ4v) is 4.79. The van der Waals surface area contributed by atoms with Gasteiger partial charge >= 0.3 is 11.9 Å². The van der Waals surface area contributed by atoms with E-state index >= 15 is 0 Å². The van der Waals surface area contributed by atoms with Gasteiger partial charge in [0.15, 0.2) is 0 Å². The van der Waals surface area contributed by atoms with Gasteiger partial charge in [0.05, 0.1) is 19.7 Å². The van der Waals surface area contributed by atoms with Crippen molar-refractivity contribution in [3.63, 3.8) is 0 Å². The standard InChI is InChI=1S/C16H28IO6P/c1-11(19)22-14-9-15(23-24-17)13(10-18)12(14)7-5-3-4-6-8-16(20)21-2/h12-15,18,24H,3-10H2,1-2H3/t12-,13-,14+,15-/m1/s1. The number of rotatable bonds is 11.